The Labute approximate surface area is 92.4 Å². The summed E-state index contributed by atoms with van der Waals surface area (Å²) in [5.74, 6) is 0. The lowest BCUT2D eigenvalue weighted by atomic mass is 10.2. The van der Waals surface area contributed by atoms with Gasteiger partial charge in [-0.2, -0.15) is 0 Å². The van der Waals surface area contributed by atoms with E-state index in [2.05, 4.69) is 42.1 Å². The van der Waals surface area contributed by atoms with Crippen molar-refractivity contribution in [2.45, 2.75) is 32.9 Å². The molecule has 0 spiro atoms. The minimum atomic E-state index is 0.583. The zero-order valence-corrected chi connectivity index (χ0v) is 9.99. The molecule has 86 valence electrons. The Hall–Kier alpha value is -0.800. The molecular weight excluding hydrogens is 188 g/mol. The summed E-state index contributed by atoms with van der Waals surface area (Å²) in [7, 11) is 1.73. The highest BCUT2D eigenvalue weighted by atomic mass is 16.5. The van der Waals surface area contributed by atoms with Crippen LogP contribution in [0.1, 0.15) is 32.0 Å². The molecule has 0 saturated carbocycles. The predicted octanol–water partition coefficient (Wildman–Crippen LogP) is 2.20. The maximum Gasteiger partial charge on any atom is 0.0587 e. The standard InChI is InChI=1S/C12H22N2O/c1-4-11(2)14-8-5-6-12(14)10-13-7-9-15-3/h5-6,8,11,13H,4,7,9-10H2,1-3H3/t11-/m1/s1. The van der Waals surface area contributed by atoms with Crippen LogP contribution in [0.5, 0.6) is 0 Å². The van der Waals surface area contributed by atoms with Gasteiger partial charge < -0.3 is 14.6 Å². The number of rotatable bonds is 7. The molecule has 1 N–H and O–H groups in total. The SMILES string of the molecule is CC[C@@H](C)n1cccc1CNCCOC. The van der Waals surface area contributed by atoms with E-state index in [-0.39, 0.29) is 0 Å². The summed E-state index contributed by atoms with van der Waals surface area (Å²) in [6.07, 6.45) is 3.32. The Morgan fingerprint density at radius 1 is 1.53 bits per heavy atom. The molecule has 0 aliphatic heterocycles. The second kappa shape index (κ2) is 6.64. The molecule has 1 heterocycles. The monoisotopic (exact) mass is 210 g/mol. The molecule has 15 heavy (non-hydrogen) atoms. The number of hydrogen-bond donors (Lipinski definition) is 1. The molecule has 0 aliphatic carbocycles. The maximum absolute atomic E-state index is 4.99. The first-order valence-electron chi connectivity index (χ1n) is 5.65. The van der Waals surface area contributed by atoms with E-state index < -0.39 is 0 Å². The first-order valence-corrected chi connectivity index (χ1v) is 5.65. The fraction of sp³-hybridized carbons (Fsp3) is 0.667. The zero-order valence-electron chi connectivity index (χ0n) is 9.99. The number of methoxy groups -OCH3 is 1. The normalized spacial score (nSPS) is 13.0. The maximum atomic E-state index is 4.99. The molecule has 3 heteroatoms. The van der Waals surface area contributed by atoms with Crippen molar-refractivity contribution in [3.05, 3.63) is 24.0 Å². The van der Waals surface area contributed by atoms with Gasteiger partial charge in [-0.3, -0.25) is 0 Å². The summed E-state index contributed by atoms with van der Waals surface area (Å²) in [5.41, 5.74) is 1.35. The van der Waals surface area contributed by atoms with Crippen LogP contribution < -0.4 is 5.32 Å². The van der Waals surface area contributed by atoms with Gasteiger partial charge in [-0.25, -0.2) is 0 Å². The highest BCUT2D eigenvalue weighted by molar-refractivity contribution is 5.08. The van der Waals surface area contributed by atoms with Crippen molar-refractivity contribution in [3.63, 3.8) is 0 Å². The van der Waals surface area contributed by atoms with E-state index in [1.807, 2.05) is 0 Å². The van der Waals surface area contributed by atoms with E-state index in [1.165, 1.54) is 12.1 Å². The summed E-state index contributed by atoms with van der Waals surface area (Å²) < 4.78 is 7.32. The van der Waals surface area contributed by atoms with Crippen LogP contribution in [-0.4, -0.2) is 24.8 Å². The minimum Gasteiger partial charge on any atom is -0.383 e. The fourth-order valence-electron chi connectivity index (χ4n) is 1.60. The second-order valence-electron chi connectivity index (χ2n) is 3.83. The average molecular weight is 210 g/mol. The third kappa shape index (κ3) is 3.68. The van der Waals surface area contributed by atoms with Crippen molar-refractivity contribution in [2.75, 3.05) is 20.3 Å². The molecule has 0 saturated heterocycles. The molecule has 0 radical (unpaired) electrons. The largest absolute Gasteiger partial charge is 0.383 e. The number of nitrogens with zero attached hydrogens (tertiary/aromatic N) is 1. The Morgan fingerprint density at radius 2 is 2.33 bits per heavy atom. The molecule has 1 aromatic rings. The number of hydrogen-bond acceptors (Lipinski definition) is 2. The lowest BCUT2D eigenvalue weighted by Crippen LogP contribution is -2.21. The van der Waals surface area contributed by atoms with Gasteiger partial charge in [0.2, 0.25) is 0 Å². The lowest BCUT2D eigenvalue weighted by Gasteiger charge is -2.16. The van der Waals surface area contributed by atoms with E-state index in [4.69, 9.17) is 4.74 Å². The number of nitrogens with one attached hydrogen (secondary N) is 1. The van der Waals surface area contributed by atoms with Crippen molar-refractivity contribution in [3.8, 4) is 0 Å². The van der Waals surface area contributed by atoms with Crippen LogP contribution >= 0.6 is 0 Å². The van der Waals surface area contributed by atoms with Gasteiger partial charge in [0.15, 0.2) is 0 Å². The van der Waals surface area contributed by atoms with Gasteiger partial charge in [-0.15, -0.1) is 0 Å². The average Bonchev–Trinajstić information content (AvgIpc) is 2.71. The van der Waals surface area contributed by atoms with Crippen LogP contribution in [-0.2, 0) is 11.3 Å². The van der Waals surface area contributed by atoms with Gasteiger partial charge in [-0.1, -0.05) is 6.92 Å². The highest BCUT2D eigenvalue weighted by Crippen LogP contribution is 2.14. The smallest absolute Gasteiger partial charge is 0.0587 e. The van der Waals surface area contributed by atoms with Gasteiger partial charge >= 0.3 is 0 Å². The molecule has 1 rings (SSSR count). The summed E-state index contributed by atoms with van der Waals surface area (Å²) in [6, 6.07) is 4.87. The lowest BCUT2D eigenvalue weighted by molar-refractivity contribution is 0.199. The summed E-state index contributed by atoms with van der Waals surface area (Å²) in [4.78, 5) is 0. The zero-order chi connectivity index (χ0) is 11.1. The second-order valence-corrected chi connectivity index (χ2v) is 3.83. The summed E-state index contributed by atoms with van der Waals surface area (Å²) >= 11 is 0. The molecule has 0 amide bonds. The van der Waals surface area contributed by atoms with Crippen LogP contribution in [0.15, 0.2) is 18.3 Å². The van der Waals surface area contributed by atoms with Gasteiger partial charge in [0, 0.05) is 38.1 Å². The molecule has 0 bridgehead atoms. The van der Waals surface area contributed by atoms with E-state index in [1.54, 1.807) is 7.11 Å². The van der Waals surface area contributed by atoms with Crippen LogP contribution in [0, 0.1) is 0 Å². The fourth-order valence-corrected chi connectivity index (χ4v) is 1.60. The van der Waals surface area contributed by atoms with E-state index in [0.29, 0.717) is 6.04 Å². The van der Waals surface area contributed by atoms with Crippen molar-refractivity contribution in [2.24, 2.45) is 0 Å². The Balaban J connectivity index is 2.43. The van der Waals surface area contributed by atoms with Crippen LogP contribution in [0.2, 0.25) is 0 Å². The first kappa shape index (κ1) is 12.3. The number of aromatic nitrogens is 1. The van der Waals surface area contributed by atoms with Crippen LogP contribution in [0.4, 0.5) is 0 Å². The molecule has 0 fully saturated rings. The molecule has 0 aromatic carbocycles. The summed E-state index contributed by atoms with van der Waals surface area (Å²) in [6.45, 7) is 7.05. The van der Waals surface area contributed by atoms with E-state index in [9.17, 15) is 0 Å². The summed E-state index contributed by atoms with van der Waals surface area (Å²) in [5, 5.41) is 3.36. The predicted molar refractivity (Wildman–Crippen MR) is 63.0 cm³/mol. The molecule has 0 unspecified atom stereocenters. The Bertz CT molecular complexity index is 270. The molecule has 1 aromatic heterocycles. The Kier molecular flexibility index (Phi) is 5.43. The third-order valence-corrected chi connectivity index (χ3v) is 2.72. The molecule has 3 nitrogen and oxygen atoms in total. The number of ether oxygens (including phenoxy) is 1. The first-order chi connectivity index (χ1) is 7.29. The van der Waals surface area contributed by atoms with Gasteiger partial charge in [0.05, 0.1) is 6.61 Å². The minimum absolute atomic E-state index is 0.583. The van der Waals surface area contributed by atoms with Crippen LogP contribution in [0.3, 0.4) is 0 Å². The Morgan fingerprint density at radius 3 is 3.00 bits per heavy atom. The topological polar surface area (TPSA) is 26.2 Å². The van der Waals surface area contributed by atoms with E-state index in [0.717, 1.165) is 19.7 Å². The van der Waals surface area contributed by atoms with Crippen LogP contribution in [0.25, 0.3) is 0 Å². The highest BCUT2D eigenvalue weighted by Gasteiger charge is 2.05. The molecule has 0 aliphatic rings. The van der Waals surface area contributed by atoms with Gasteiger partial charge in [0.25, 0.3) is 0 Å². The van der Waals surface area contributed by atoms with E-state index >= 15 is 0 Å². The van der Waals surface area contributed by atoms with Crippen molar-refractivity contribution in [1.82, 2.24) is 9.88 Å². The van der Waals surface area contributed by atoms with Crippen molar-refractivity contribution >= 4 is 0 Å². The van der Waals surface area contributed by atoms with Gasteiger partial charge in [-0.05, 0) is 25.5 Å². The quantitative estimate of drug-likeness (QED) is 0.698. The van der Waals surface area contributed by atoms with Gasteiger partial charge in [0.1, 0.15) is 0 Å². The molecule has 1 atom stereocenters. The third-order valence-electron chi connectivity index (χ3n) is 2.72. The van der Waals surface area contributed by atoms with Crippen molar-refractivity contribution < 1.29 is 4.74 Å². The van der Waals surface area contributed by atoms with Crippen molar-refractivity contribution in [1.29, 1.82) is 0 Å². The molecular formula is C12H22N2O.